The zero-order valence-corrected chi connectivity index (χ0v) is 14.3. The highest BCUT2D eigenvalue weighted by Gasteiger charge is 2.26. The van der Waals surface area contributed by atoms with E-state index in [1.165, 1.54) is 0 Å². The number of carbonyl (C=O) groups excluding carboxylic acids is 1. The number of hydrogen-bond acceptors (Lipinski definition) is 5. The lowest BCUT2D eigenvalue weighted by Gasteiger charge is -2.14. The lowest BCUT2D eigenvalue weighted by Crippen LogP contribution is -2.28. The second-order valence-electron chi connectivity index (χ2n) is 6.27. The lowest BCUT2D eigenvalue weighted by molar-refractivity contribution is -0.117. The summed E-state index contributed by atoms with van der Waals surface area (Å²) in [6.45, 7) is 0. The quantitative estimate of drug-likeness (QED) is 0.841. The van der Waals surface area contributed by atoms with Gasteiger partial charge in [0, 0.05) is 18.5 Å². The van der Waals surface area contributed by atoms with Crippen LogP contribution in [0, 0.1) is 5.92 Å². The summed E-state index contributed by atoms with van der Waals surface area (Å²) in [6, 6.07) is 10.9. The van der Waals surface area contributed by atoms with E-state index in [9.17, 15) is 4.79 Å². The molecule has 1 amide bonds. The fraction of sp³-hybridized carbons (Fsp3) is 0.368. The molecule has 2 atom stereocenters. The molecule has 3 N–H and O–H groups in total. The Morgan fingerprint density at radius 3 is 2.56 bits per heavy atom. The van der Waals surface area contributed by atoms with Crippen molar-refractivity contribution in [3.05, 3.63) is 42.6 Å². The van der Waals surface area contributed by atoms with Crippen LogP contribution in [-0.2, 0) is 4.79 Å². The molecule has 1 aromatic heterocycles. The van der Waals surface area contributed by atoms with Crippen LogP contribution in [0.25, 0.3) is 0 Å². The van der Waals surface area contributed by atoms with Gasteiger partial charge in [0.25, 0.3) is 0 Å². The molecular formula is C19H23N3O3. The molecule has 0 unspecified atom stereocenters. The van der Waals surface area contributed by atoms with Gasteiger partial charge in [0.15, 0.2) is 0 Å². The number of ether oxygens (including phenoxy) is 2. The maximum absolute atomic E-state index is 12.1. The van der Waals surface area contributed by atoms with Crippen LogP contribution in [0.2, 0.25) is 0 Å². The van der Waals surface area contributed by atoms with E-state index >= 15 is 0 Å². The van der Waals surface area contributed by atoms with Gasteiger partial charge in [0.05, 0.1) is 19.0 Å². The van der Waals surface area contributed by atoms with Crippen LogP contribution < -0.4 is 20.5 Å². The predicted molar refractivity (Wildman–Crippen MR) is 95.9 cm³/mol. The van der Waals surface area contributed by atoms with Crippen molar-refractivity contribution in [2.24, 2.45) is 11.7 Å². The smallest absolute Gasteiger partial charge is 0.224 e. The molecule has 3 rings (SSSR count). The third-order valence-corrected chi connectivity index (χ3v) is 4.47. The molecule has 0 spiro atoms. The minimum absolute atomic E-state index is 0.0204. The molecule has 0 bridgehead atoms. The van der Waals surface area contributed by atoms with Gasteiger partial charge < -0.3 is 20.5 Å². The van der Waals surface area contributed by atoms with E-state index in [-0.39, 0.29) is 17.9 Å². The van der Waals surface area contributed by atoms with E-state index in [0.717, 1.165) is 25.0 Å². The molecule has 0 radical (unpaired) electrons. The Hall–Kier alpha value is -2.60. The Morgan fingerprint density at radius 2 is 1.96 bits per heavy atom. The predicted octanol–water partition coefficient (Wildman–Crippen LogP) is 3.34. The molecule has 1 aliphatic carbocycles. The molecule has 6 nitrogen and oxygen atoms in total. The molecule has 1 aromatic carbocycles. The number of aromatic nitrogens is 1. The number of rotatable bonds is 6. The summed E-state index contributed by atoms with van der Waals surface area (Å²) in [5.74, 6) is 2.15. The summed E-state index contributed by atoms with van der Waals surface area (Å²) < 4.78 is 10.8. The molecule has 1 aliphatic rings. The van der Waals surface area contributed by atoms with Crippen molar-refractivity contribution in [3.63, 3.8) is 0 Å². The molecule has 132 valence electrons. The summed E-state index contributed by atoms with van der Waals surface area (Å²) in [6.07, 6.45) is 5.20. The van der Waals surface area contributed by atoms with Crippen molar-refractivity contribution in [2.75, 3.05) is 12.4 Å². The number of anilines is 1. The first kappa shape index (κ1) is 17.2. The van der Waals surface area contributed by atoms with Gasteiger partial charge in [-0.3, -0.25) is 4.79 Å². The Labute approximate surface area is 147 Å². The largest absolute Gasteiger partial charge is 0.497 e. The van der Waals surface area contributed by atoms with Crippen LogP contribution in [0.15, 0.2) is 42.6 Å². The Morgan fingerprint density at radius 1 is 1.20 bits per heavy atom. The van der Waals surface area contributed by atoms with Crippen LogP contribution in [0.3, 0.4) is 0 Å². The van der Waals surface area contributed by atoms with Gasteiger partial charge in [-0.2, -0.15) is 0 Å². The number of benzene rings is 1. The lowest BCUT2D eigenvalue weighted by atomic mass is 10.00. The molecule has 0 aliphatic heterocycles. The fourth-order valence-corrected chi connectivity index (χ4v) is 3.05. The Kier molecular flexibility index (Phi) is 5.50. The molecule has 6 heteroatoms. The topological polar surface area (TPSA) is 86.5 Å². The minimum Gasteiger partial charge on any atom is -0.497 e. The zero-order chi connectivity index (χ0) is 17.6. The third kappa shape index (κ3) is 4.70. The van der Waals surface area contributed by atoms with Crippen molar-refractivity contribution in [3.8, 4) is 17.4 Å². The maximum Gasteiger partial charge on any atom is 0.224 e. The summed E-state index contributed by atoms with van der Waals surface area (Å²) in [7, 11) is 1.62. The normalized spacial score (nSPS) is 19.4. The van der Waals surface area contributed by atoms with Crippen molar-refractivity contribution >= 4 is 11.6 Å². The first-order valence-corrected chi connectivity index (χ1v) is 8.47. The number of nitrogens with two attached hydrogens (primary N) is 1. The van der Waals surface area contributed by atoms with Gasteiger partial charge >= 0.3 is 0 Å². The first-order valence-electron chi connectivity index (χ1n) is 8.47. The molecule has 1 fully saturated rings. The standard InChI is InChI=1S/C19H23N3O3/c1-24-15-6-8-16(9-7-15)25-19-10-5-14(12-21-19)22-18(23)11-13-3-2-4-17(13)20/h5-10,12-13,17H,2-4,11,20H2,1H3,(H,22,23)/t13-,17+/m0/s1. The van der Waals surface area contributed by atoms with E-state index in [4.69, 9.17) is 15.2 Å². The minimum atomic E-state index is -0.0204. The highest BCUT2D eigenvalue weighted by molar-refractivity contribution is 5.90. The number of amides is 1. The van der Waals surface area contributed by atoms with Gasteiger partial charge in [-0.1, -0.05) is 6.42 Å². The van der Waals surface area contributed by atoms with E-state index in [1.54, 1.807) is 37.6 Å². The SMILES string of the molecule is COc1ccc(Oc2ccc(NC(=O)C[C@@H]3CCC[C@H]3N)cn2)cc1. The van der Waals surface area contributed by atoms with Gasteiger partial charge in [-0.25, -0.2) is 4.98 Å². The van der Waals surface area contributed by atoms with E-state index < -0.39 is 0 Å². The summed E-state index contributed by atoms with van der Waals surface area (Å²) >= 11 is 0. The molecular weight excluding hydrogens is 318 g/mol. The van der Waals surface area contributed by atoms with Gasteiger partial charge in [-0.15, -0.1) is 0 Å². The van der Waals surface area contributed by atoms with E-state index in [0.29, 0.717) is 23.7 Å². The van der Waals surface area contributed by atoms with E-state index in [2.05, 4.69) is 10.3 Å². The summed E-state index contributed by atoms with van der Waals surface area (Å²) in [4.78, 5) is 16.3. The van der Waals surface area contributed by atoms with Crippen LogP contribution in [0.4, 0.5) is 5.69 Å². The monoisotopic (exact) mass is 341 g/mol. The highest BCUT2D eigenvalue weighted by Crippen LogP contribution is 2.27. The van der Waals surface area contributed by atoms with Crippen molar-refractivity contribution in [1.29, 1.82) is 0 Å². The summed E-state index contributed by atoms with van der Waals surface area (Å²) in [5.41, 5.74) is 6.67. The van der Waals surface area contributed by atoms with E-state index in [1.807, 2.05) is 12.1 Å². The fourth-order valence-electron chi connectivity index (χ4n) is 3.05. The third-order valence-electron chi connectivity index (χ3n) is 4.47. The molecule has 1 saturated carbocycles. The number of hydrogen-bond donors (Lipinski definition) is 2. The highest BCUT2D eigenvalue weighted by atomic mass is 16.5. The van der Waals surface area contributed by atoms with Crippen molar-refractivity contribution in [2.45, 2.75) is 31.7 Å². The summed E-state index contributed by atoms with van der Waals surface area (Å²) in [5, 5.41) is 2.87. The number of nitrogens with zero attached hydrogens (tertiary/aromatic N) is 1. The second kappa shape index (κ2) is 7.98. The van der Waals surface area contributed by atoms with Crippen LogP contribution >= 0.6 is 0 Å². The molecule has 1 heterocycles. The van der Waals surface area contributed by atoms with Crippen molar-refractivity contribution in [1.82, 2.24) is 4.98 Å². The zero-order valence-electron chi connectivity index (χ0n) is 14.3. The average molecular weight is 341 g/mol. The maximum atomic E-state index is 12.1. The number of pyridine rings is 1. The van der Waals surface area contributed by atoms with Crippen molar-refractivity contribution < 1.29 is 14.3 Å². The number of methoxy groups -OCH3 is 1. The first-order chi connectivity index (χ1) is 12.1. The average Bonchev–Trinajstić information content (AvgIpc) is 3.02. The van der Waals surface area contributed by atoms with Gasteiger partial charge in [0.1, 0.15) is 11.5 Å². The molecule has 0 saturated heterocycles. The van der Waals surface area contributed by atoms with Gasteiger partial charge in [0.2, 0.25) is 11.8 Å². The number of carbonyl (C=O) groups is 1. The number of nitrogens with one attached hydrogen (secondary N) is 1. The second-order valence-corrected chi connectivity index (χ2v) is 6.27. The van der Waals surface area contributed by atoms with Crippen LogP contribution in [0.5, 0.6) is 17.4 Å². The van der Waals surface area contributed by atoms with Crippen LogP contribution in [0.1, 0.15) is 25.7 Å². The Balaban J connectivity index is 1.53. The van der Waals surface area contributed by atoms with Gasteiger partial charge in [-0.05, 0) is 49.1 Å². The molecule has 2 aromatic rings. The Bertz CT molecular complexity index is 701. The molecule has 25 heavy (non-hydrogen) atoms. The van der Waals surface area contributed by atoms with Crippen LogP contribution in [-0.4, -0.2) is 24.0 Å².